The van der Waals surface area contributed by atoms with Gasteiger partial charge in [0.1, 0.15) is 17.6 Å². The number of aliphatic hydroxyl groups is 1. The summed E-state index contributed by atoms with van der Waals surface area (Å²) >= 11 is 0. The van der Waals surface area contributed by atoms with Crippen LogP contribution in [0.2, 0.25) is 0 Å². The van der Waals surface area contributed by atoms with Crippen LogP contribution in [0.15, 0.2) is 47.4 Å². The predicted molar refractivity (Wildman–Crippen MR) is 89.3 cm³/mol. The van der Waals surface area contributed by atoms with Crippen LogP contribution in [0, 0.1) is 0 Å². The molecule has 3 rings (SSSR count). The molecule has 25 heavy (non-hydrogen) atoms. The van der Waals surface area contributed by atoms with Gasteiger partial charge in [0.05, 0.1) is 7.11 Å². The second-order valence-corrected chi connectivity index (χ2v) is 5.98. The number of methoxy groups -OCH3 is 1. The van der Waals surface area contributed by atoms with Crippen molar-refractivity contribution in [2.24, 2.45) is 0 Å². The molecule has 2 heterocycles. The average molecular weight is 346 g/mol. The van der Waals surface area contributed by atoms with Crippen LogP contribution < -0.4 is 4.74 Å². The lowest BCUT2D eigenvalue weighted by Gasteiger charge is -2.25. The molecule has 1 atom stereocenters. The van der Waals surface area contributed by atoms with Crippen LogP contribution in [-0.2, 0) is 24.8 Å². The molecular formula is C19H22O6. The van der Waals surface area contributed by atoms with E-state index in [4.69, 9.17) is 18.9 Å². The van der Waals surface area contributed by atoms with Crippen molar-refractivity contribution in [2.75, 3.05) is 13.9 Å². The molecule has 1 aromatic rings. The van der Waals surface area contributed by atoms with Gasteiger partial charge in [-0.25, -0.2) is 4.79 Å². The monoisotopic (exact) mass is 346 g/mol. The molecule has 1 aromatic carbocycles. The Bertz CT molecular complexity index is 703. The quantitative estimate of drug-likeness (QED) is 0.604. The number of carbonyl (C=O) groups excluding carboxylic acids is 1. The van der Waals surface area contributed by atoms with Crippen LogP contribution in [0.3, 0.4) is 0 Å². The Hall–Kier alpha value is -2.47. The van der Waals surface area contributed by atoms with Gasteiger partial charge in [-0.15, -0.1) is 0 Å². The highest BCUT2D eigenvalue weighted by atomic mass is 16.7. The molecule has 134 valence electrons. The van der Waals surface area contributed by atoms with Crippen molar-refractivity contribution in [1.29, 1.82) is 0 Å². The van der Waals surface area contributed by atoms with Gasteiger partial charge in [-0.2, -0.15) is 0 Å². The van der Waals surface area contributed by atoms with Crippen molar-refractivity contribution in [3.63, 3.8) is 0 Å². The van der Waals surface area contributed by atoms with Gasteiger partial charge in [0.15, 0.2) is 5.76 Å². The van der Waals surface area contributed by atoms with Gasteiger partial charge in [-0.3, -0.25) is 0 Å². The Morgan fingerprint density at radius 1 is 1.24 bits per heavy atom. The maximum atomic E-state index is 12.5. The van der Waals surface area contributed by atoms with Gasteiger partial charge in [-0.1, -0.05) is 19.8 Å². The zero-order valence-corrected chi connectivity index (χ0v) is 14.4. The Labute approximate surface area is 146 Å². The van der Waals surface area contributed by atoms with E-state index in [0.717, 1.165) is 19.3 Å². The van der Waals surface area contributed by atoms with Crippen LogP contribution in [0.4, 0.5) is 0 Å². The van der Waals surface area contributed by atoms with Gasteiger partial charge < -0.3 is 24.1 Å². The second-order valence-electron chi connectivity index (χ2n) is 5.98. The van der Waals surface area contributed by atoms with Crippen molar-refractivity contribution in [3.05, 3.63) is 53.0 Å². The molecule has 0 saturated heterocycles. The number of hydrogen-bond donors (Lipinski definition) is 1. The number of ether oxygens (including phenoxy) is 4. The minimum absolute atomic E-state index is 0.0509. The topological polar surface area (TPSA) is 74.2 Å². The first-order valence-electron chi connectivity index (χ1n) is 8.39. The molecule has 0 aliphatic carbocycles. The zero-order valence-electron chi connectivity index (χ0n) is 14.4. The summed E-state index contributed by atoms with van der Waals surface area (Å²) in [5.74, 6) is -1.45. The van der Waals surface area contributed by atoms with E-state index in [0.29, 0.717) is 29.1 Å². The molecule has 6 nitrogen and oxygen atoms in total. The Morgan fingerprint density at radius 3 is 2.60 bits per heavy atom. The fraction of sp³-hybridized carbons (Fsp3) is 0.421. The molecule has 0 spiro atoms. The Kier molecular flexibility index (Phi) is 4.99. The van der Waals surface area contributed by atoms with Crippen LogP contribution in [-0.4, -0.2) is 25.0 Å². The summed E-state index contributed by atoms with van der Waals surface area (Å²) in [7, 11) is 1.57. The van der Waals surface area contributed by atoms with Crippen LogP contribution in [0.1, 0.15) is 38.2 Å². The van der Waals surface area contributed by atoms with Gasteiger partial charge in [-0.05, 0) is 37.1 Å². The van der Waals surface area contributed by atoms with Crippen LogP contribution >= 0.6 is 0 Å². The maximum Gasteiger partial charge on any atom is 0.345 e. The van der Waals surface area contributed by atoms with E-state index in [-0.39, 0.29) is 12.4 Å². The summed E-state index contributed by atoms with van der Waals surface area (Å²) in [6, 6.07) is 6.82. The van der Waals surface area contributed by atoms with Gasteiger partial charge >= 0.3 is 5.97 Å². The summed E-state index contributed by atoms with van der Waals surface area (Å²) in [5.41, 5.74) is 1.24. The lowest BCUT2D eigenvalue weighted by molar-refractivity contribution is -0.186. The number of esters is 1. The summed E-state index contributed by atoms with van der Waals surface area (Å²) in [5, 5.41) is 11.2. The van der Waals surface area contributed by atoms with Gasteiger partial charge in [0, 0.05) is 11.1 Å². The molecule has 0 fully saturated rings. The number of cyclic esters (lactones) is 1. The number of unbranched alkanes of at least 4 members (excludes halogenated alkanes) is 2. The van der Waals surface area contributed by atoms with E-state index in [1.165, 1.54) is 6.26 Å². The lowest BCUT2D eigenvalue weighted by atomic mass is 9.90. The number of benzene rings is 1. The van der Waals surface area contributed by atoms with E-state index in [2.05, 4.69) is 6.92 Å². The fourth-order valence-corrected chi connectivity index (χ4v) is 3.06. The summed E-state index contributed by atoms with van der Waals surface area (Å²) < 4.78 is 21.0. The van der Waals surface area contributed by atoms with E-state index in [1.807, 2.05) is 0 Å². The Balaban J connectivity index is 2.02. The molecule has 0 bridgehead atoms. The average Bonchev–Trinajstić information content (AvgIpc) is 3.22. The van der Waals surface area contributed by atoms with Crippen LogP contribution in [0.5, 0.6) is 5.75 Å². The van der Waals surface area contributed by atoms with Crippen molar-refractivity contribution in [1.82, 2.24) is 0 Å². The zero-order chi connectivity index (χ0) is 17.9. The molecule has 1 N–H and O–H groups in total. The number of carbonyl (C=O) groups is 1. The highest BCUT2D eigenvalue weighted by molar-refractivity contribution is 5.97. The first-order chi connectivity index (χ1) is 12.1. The lowest BCUT2D eigenvalue weighted by Crippen LogP contribution is -2.28. The summed E-state index contributed by atoms with van der Waals surface area (Å²) in [4.78, 5) is 12.5. The molecule has 0 aromatic heterocycles. The van der Waals surface area contributed by atoms with Gasteiger partial charge in [0.25, 0.3) is 5.79 Å². The number of rotatable bonds is 7. The molecule has 2 aliphatic heterocycles. The molecule has 0 radical (unpaired) electrons. The minimum atomic E-state index is -1.81. The third-order valence-corrected chi connectivity index (χ3v) is 4.39. The molecular weight excluding hydrogens is 324 g/mol. The smallest absolute Gasteiger partial charge is 0.345 e. The van der Waals surface area contributed by atoms with Crippen molar-refractivity contribution in [3.8, 4) is 5.75 Å². The standard InChI is InChI=1S/C19H22O6/c1-3-4-5-6-15-17(16-11-23-12-24-16)18(20)25-19(15,21)13-7-9-14(22-2)10-8-13/h7-11,21H,3-6,12H2,1-2H3. The Morgan fingerprint density at radius 2 is 2.00 bits per heavy atom. The summed E-state index contributed by atoms with van der Waals surface area (Å²) in [6.45, 7) is 2.15. The highest BCUT2D eigenvalue weighted by Crippen LogP contribution is 2.45. The first kappa shape index (κ1) is 17.4. The van der Waals surface area contributed by atoms with E-state index in [9.17, 15) is 9.90 Å². The molecule has 0 amide bonds. The predicted octanol–water partition coefficient (Wildman–Crippen LogP) is 3.12. The van der Waals surface area contributed by atoms with Crippen LogP contribution in [0.25, 0.3) is 0 Å². The van der Waals surface area contributed by atoms with Crippen molar-refractivity contribution < 1.29 is 28.8 Å². The fourth-order valence-electron chi connectivity index (χ4n) is 3.06. The van der Waals surface area contributed by atoms with E-state index >= 15 is 0 Å². The first-order valence-corrected chi connectivity index (χ1v) is 8.39. The molecule has 0 saturated carbocycles. The highest BCUT2D eigenvalue weighted by Gasteiger charge is 2.49. The van der Waals surface area contributed by atoms with Gasteiger partial charge in [0.2, 0.25) is 6.79 Å². The largest absolute Gasteiger partial charge is 0.497 e. The third kappa shape index (κ3) is 3.22. The third-order valence-electron chi connectivity index (χ3n) is 4.39. The molecule has 2 aliphatic rings. The normalized spacial score (nSPS) is 22.4. The molecule has 6 heteroatoms. The number of hydrogen-bond acceptors (Lipinski definition) is 6. The second kappa shape index (κ2) is 7.19. The summed E-state index contributed by atoms with van der Waals surface area (Å²) in [6.07, 6.45) is 4.76. The van der Waals surface area contributed by atoms with Crippen molar-refractivity contribution in [2.45, 2.75) is 38.4 Å². The van der Waals surface area contributed by atoms with Crippen molar-refractivity contribution >= 4 is 5.97 Å². The van der Waals surface area contributed by atoms with E-state index in [1.54, 1.807) is 31.4 Å². The molecule has 1 unspecified atom stereocenters. The van der Waals surface area contributed by atoms with E-state index < -0.39 is 11.8 Å². The maximum absolute atomic E-state index is 12.5. The SMILES string of the molecule is CCCCCC1=C(C2=COCO2)C(=O)OC1(O)c1ccc(OC)cc1. The minimum Gasteiger partial charge on any atom is -0.497 e.